The number of likely N-dealkylation sites (tertiary alicyclic amines) is 1. The van der Waals surface area contributed by atoms with Crippen molar-refractivity contribution in [1.82, 2.24) is 9.80 Å². The Bertz CT molecular complexity index is 822. The van der Waals surface area contributed by atoms with Gasteiger partial charge in [-0.1, -0.05) is 44.6 Å². The molecule has 2 fully saturated rings. The van der Waals surface area contributed by atoms with Gasteiger partial charge in [0.1, 0.15) is 17.6 Å². The van der Waals surface area contributed by atoms with Crippen molar-refractivity contribution in [3.63, 3.8) is 0 Å². The topological polar surface area (TPSA) is 96.4 Å². The van der Waals surface area contributed by atoms with E-state index in [0.29, 0.717) is 26.1 Å². The quantitative estimate of drug-likeness (QED) is 0.480. The highest BCUT2D eigenvalue weighted by atomic mass is 16.6. The summed E-state index contributed by atoms with van der Waals surface area (Å²) in [6.07, 6.45) is 11.8. The molecular formula is C25H36N2O6. The first kappa shape index (κ1) is 24.0. The number of carbonyl (C=O) groups excluding carboxylic acids is 3. The van der Waals surface area contributed by atoms with Crippen LogP contribution in [0.25, 0.3) is 0 Å². The van der Waals surface area contributed by atoms with Gasteiger partial charge in [0.15, 0.2) is 0 Å². The zero-order valence-electron chi connectivity index (χ0n) is 19.7. The van der Waals surface area contributed by atoms with Gasteiger partial charge in [-0.05, 0) is 32.1 Å². The van der Waals surface area contributed by atoms with Crippen molar-refractivity contribution >= 4 is 17.8 Å². The maximum absolute atomic E-state index is 13.9. The molecule has 0 radical (unpaired) electrons. The number of nitrogens with zero attached hydrogens (tertiary/aromatic N) is 2. The summed E-state index contributed by atoms with van der Waals surface area (Å²) < 4.78 is 12.1. The van der Waals surface area contributed by atoms with Crippen molar-refractivity contribution in [1.29, 1.82) is 0 Å². The summed E-state index contributed by atoms with van der Waals surface area (Å²) in [5.41, 5.74) is -1.26. The van der Waals surface area contributed by atoms with E-state index in [-0.39, 0.29) is 18.4 Å². The molecule has 0 aromatic heterocycles. The van der Waals surface area contributed by atoms with E-state index in [4.69, 9.17) is 9.47 Å². The van der Waals surface area contributed by atoms with Crippen LogP contribution in [0.2, 0.25) is 0 Å². The number of carbonyl (C=O) groups is 3. The molecule has 4 heterocycles. The van der Waals surface area contributed by atoms with Crippen LogP contribution in [0.3, 0.4) is 0 Å². The van der Waals surface area contributed by atoms with Gasteiger partial charge >= 0.3 is 5.97 Å². The van der Waals surface area contributed by atoms with E-state index in [1.54, 1.807) is 4.90 Å². The van der Waals surface area contributed by atoms with E-state index in [2.05, 4.69) is 6.92 Å². The minimum absolute atomic E-state index is 0.183. The monoisotopic (exact) mass is 460 g/mol. The Balaban J connectivity index is 1.81. The Labute approximate surface area is 195 Å². The minimum atomic E-state index is -1.26. The third-order valence-corrected chi connectivity index (χ3v) is 7.48. The van der Waals surface area contributed by atoms with Crippen LogP contribution in [0.5, 0.6) is 0 Å². The average Bonchev–Trinajstić information content (AvgIpc) is 3.20. The van der Waals surface area contributed by atoms with E-state index in [1.165, 1.54) is 4.90 Å². The normalized spacial score (nSPS) is 36.0. The van der Waals surface area contributed by atoms with Gasteiger partial charge in [0, 0.05) is 13.1 Å². The molecule has 0 aliphatic carbocycles. The Kier molecular flexibility index (Phi) is 7.24. The lowest BCUT2D eigenvalue weighted by Gasteiger charge is -2.38. The largest absolute Gasteiger partial charge is 0.465 e. The highest BCUT2D eigenvalue weighted by Crippen LogP contribution is 2.53. The Morgan fingerprint density at radius 2 is 2.00 bits per heavy atom. The van der Waals surface area contributed by atoms with Crippen molar-refractivity contribution in [2.75, 3.05) is 26.3 Å². The van der Waals surface area contributed by atoms with Crippen LogP contribution in [0.15, 0.2) is 24.3 Å². The van der Waals surface area contributed by atoms with Crippen LogP contribution in [0, 0.1) is 11.8 Å². The Morgan fingerprint density at radius 1 is 1.18 bits per heavy atom. The maximum atomic E-state index is 13.9. The summed E-state index contributed by atoms with van der Waals surface area (Å²) in [5.74, 6) is -2.64. The van der Waals surface area contributed by atoms with Crippen molar-refractivity contribution in [2.45, 2.75) is 76.2 Å². The van der Waals surface area contributed by atoms with Gasteiger partial charge in [-0.2, -0.15) is 0 Å². The van der Waals surface area contributed by atoms with Gasteiger partial charge in [-0.3, -0.25) is 14.4 Å². The third kappa shape index (κ3) is 4.01. The number of ether oxygens (including phenoxy) is 2. The molecule has 2 amide bonds. The fraction of sp³-hybridized carbons (Fsp3) is 0.720. The van der Waals surface area contributed by atoms with E-state index in [9.17, 15) is 19.5 Å². The molecule has 0 saturated carbocycles. The lowest BCUT2D eigenvalue weighted by Crippen LogP contribution is -2.58. The highest BCUT2D eigenvalue weighted by Gasteiger charge is 2.72. The molecular weight excluding hydrogens is 424 g/mol. The number of allylic oxidation sites excluding steroid dienone is 1. The van der Waals surface area contributed by atoms with Crippen LogP contribution >= 0.6 is 0 Å². The summed E-state index contributed by atoms with van der Waals surface area (Å²) >= 11 is 0. The van der Waals surface area contributed by atoms with Crippen LogP contribution in [0.1, 0.15) is 52.4 Å². The number of esters is 1. The van der Waals surface area contributed by atoms with Crippen molar-refractivity contribution in [3.8, 4) is 0 Å². The van der Waals surface area contributed by atoms with Crippen LogP contribution in [-0.2, 0) is 23.9 Å². The fourth-order valence-electron chi connectivity index (χ4n) is 5.76. The number of unbranched alkanes of at least 4 members (excludes halogenated alkanes) is 1. The van der Waals surface area contributed by atoms with E-state index < -0.39 is 41.6 Å². The molecule has 0 aromatic rings. The lowest BCUT2D eigenvalue weighted by molar-refractivity contribution is -0.156. The average molecular weight is 461 g/mol. The molecule has 1 N–H and O–H groups in total. The highest BCUT2D eigenvalue weighted by molar-refractivity contribution is 5.99. The number of fused-ring (bicyclic) bond motifs is 2. The zero-order valence-corrected chi connectivity index (χ0v) is 19.7. The first-order valence-electron chi connectivity index (χ1n) is 12.4. The summed E-state index contributed by atoms with van der Waals surface area (Å²) in [5, 5.41) is 10.1. The number of hydrogen-bond acceptors (Lipinski definition) is 6. The van der Waals surface area contributed by atoms with Crippen LogP contribution in [0.4, 0.5) is 0 Å². The number of hydrogen-bond donors (Lipinski definition) is 1. The molecule has 4 aliphatic rings. The van der Waals surface area contributed by atoms with Gasteiger partial charge in [0.2, 0.25) is 11.8 Å². The third-order valence-electron chi connectivity index (χ3n) is 7.48. The number of cyclic esters (lactones) is 1. The summed E-state index contributed by atoms with van der Waals surface area (Å²) in [6.45, 7) is 5.02. The smallest absolute Gasteiger partial charge is 0.312 e. The molecule has 0 bridgehead atoms. The second-order valence-electron chi connectivity index (χ2n) is 9.46. The molecule has 33 heavy (non-hydrogen) atoms. The van der Waals surface area contributed by atoms with Crippen molar-refractivity contribution in [2.24, 2.45) is 11.8 Å². The molecule has 6 atom stereocenters. The summed E-state index contributed by atoms with van der Waals surface area (Å²) in [7, 11) is 0. The Morgan fingerprint density at radius 3 is 2.73 bits per heavy atom. The molecule has 8 heteroatoms. The zero-order chi connectivity index (χ0) is 23.6. The van der Waals surface area contributed by atoms with Crippen molar-refractivity contribution < 1.29 is 29.0 Å². The van der Waals surface area contributed by atoms with Crippen LogP contribution < -0.4 is 0 Å². The standard InChI is InChI=1S/C25H36N2O6/c1-3-5-13-26-14-10-12-25-20(22(29)27(17(4-2)16-28)21(25)23(26)30)19-18(33-25)11-8-6-7-9-15-32-24(19)31/h8,10-12,17-21,28H,3-7,9,13-16H2,1-2H3/b11-8-/t17-,18-,19+,20-,21?,25-/m0/s1. The molecule has 1 spiro atoms. The summed E-state index contributed by atoms with van der Waals surface area (Å²) in [6, 6.07) is -1.44. The molecule has 0 aromatic carbocycles. The number of amides is 2. The van der Waals surface area contributed by atoms with E-state index in [1.807, 2.05) is 31.2 Å². The van der Waals surface area contributed by atoms with Gasteiger partial charge in [0.25, 0.3) is 0 Å². The number of aliphatic hydroxyl groups is 1. The predicted molar refractivity (Wildman–Crippen MR) is 121 cm³/mol. The molecule has 4 aliphatic heterocycles. The Hall–Kier alpha value is -2.19. The SMILES string of the molecule is CCCCN1CC=C[C@]23O[C@H]4/C=C\CCCCOC(=O)[C@H]4[C@H]2C(=O)N([C@@H](CC)CO)C3C1=O. The molecule has 4 rings (SSSR count). The van der Waals surface area contributed by atoms with E-state index in [0.717, 1.165) is 32.1 Å². The minimum Gasteiger partial charge on any atom is -0.465 e. The molecule has 8 nitrogen and oxygen atoms in total. The van der Waals surface area contributed by atoms with Gasteiger partial charge in [-0.25, -0.2) is 0 Å². The first-order valence-corrected chi connectivity index (χ1v) is 12.4. The van der Waals surface area contributed by atoms with Gasteiger partial charge < -0.3 is 24.4 Å². The van der Waals surface area contributed by atoms with Crippen molar-refractivity contribution in [3.05, 3.63) is 24.3 Å². The fourth-order valence-corrected chi connectivity index (χ4v) is 5.76. The maximum Gasteiger partial charge on any atom is 0.312 e. The summed E-state index contributed by atoms with van der Waals surface area (Å²) in [4.78, 5) is 44.3. The molecule has 1 unspecified atom stereocenters. The van der Waals surface area contributed by atoms with Gasteiger partial charge in [-0.15, -0.1) is 0 Å². The molecule has 2 saturated heterocycles. The first-order chi connectivity index (χ1) is 16.0. The van der Waals surface area contributed by atoms with E-state index >= 15 is 0 Å². The molecule has 182 valence electrons. The van der Waals surface area contributed by atoms with Crippen LogP contribution in [-0.4, -0.2) is 82.8 Å². The van der Waals surface area contributed by atoms with Gasteiger partial charge in [0.05, 0.1) is 31.3 Å². The number of aliphatic hydroxyl groups excluding tert-OH is 1. The lowest BCUT2D eigenvalue weighted by atomic mass is 9.78. The number of rotatable bonds is 6. The second-order valence-corrected chi connectivity index (χ2v) is 9.46. The predicted octanol–water partition coefficient (Wildman–Crippen LogP) is 1.82. The second kappa shape index (κ2) is 9.97.